The summed E-state index contributed by atoms with van der Waals surface area (Å²) in [5, 5.41) is 2.06. The molecule has 0 atom stereocenters. The van der Waals surface area contributed by atoms with Crippen molar-refractivity contribution < 1.29 is 0 Å². The normalized spacial score (nSPS) is 18.9. The number of benzene rings is 1. The molecule has 0 saturated heterocycles. The number of fused-ring (bicyclic) bond motifs is 1. The highest BCUT2D eigenvalue weighted by molar-refractivity contribution is 6.36. The van der Waals surface area contributed by atoms with E-state index in [0.717, 1.165) is 10.4 Å². The zero-order chi connectivity index (χ0) is 13.5. The van der Waals surface area contributed by atoms with Crippen LogP contribution in [0.4, 0.5) is 0 Å². The summed E-state index contributed by atoms with van der Waals surface area (Å²) in [6, 6.07) is 6.49. The fraction of sp³-hybridized carbons (Fsp3) is 0.500. The van der Waals surface area contributed by atoms with Crippen LogP contribution in [0, 0.1) is 0 Å². The quantitative estimate of drug-likeness (QED) is 0.883. The van der Waals surface area contributed by atoms with E-state index in [2.05, 4.69) is 36.0 Å². The molecular weight excluding hydrogens is 256 g/mol. The summed E-state index contributed by atoms with van der Waals surface area (Å²) in [6.45, 7) is 0.699. The number of aryl methyl sites for hydroxylation is 1. The van der Waals surface area contributed by atoms with E-state index in [4.69, 9.17) is 17.3 Å². The largest absolute Gasteiger partial charge is 0.351 e. The number of nitrogens with two attached hydrogens (primary N) is 1. The second kappa shape index (κ2) is 4.84. The van der Waals surface area contributed by atoms with Gasteiger partial charge >= 0.3 is 0 Å². The van der Waals surface area contributed by atoms with E-state index in [1.54, 1.807) is 0 Å². The standard InChI is InChI=1S/C16H21ClN2/c1-19-10-7-12-14(19)6-5-13(15(12)17)16(11-18)8-3-2-4-9-16/h5-7,10H,2-4,8-9,11,18H2,1H3. The molecule has 1 aromatic carbocycles. The summed E-state index contributed by atoms with van der Waals surface area (Å²) >= 11 is 6.69. The van der Waals surface area contributed by atoms with Crippen LogP contribution in [0.15, 0.2) is 24.4 Å². The van der Waals surface area contributed by atoms with Gasteiger partial charge in [-0.05, 0) is 30.5 Å². The molecule has 19 heavy (non-hydrogen) atoms. The average molecular weight is 277 g/mol. The fourth-order valence-corrected chi connectivity index (χ4v) is 3.96. The maximum atomic E-state index is 6.69. The first-order valence-electron chi connectivity index (χ1n) is 7.12. The lowest BCUT2D eigenvalue weighted by molar-refractivity contribution is 0.301. The third-order valence-corrected chi connectivity index (χ3v) is 5.18. The molecule has 1 heterocycles. The Hall–Kier alpha value is -0.990. The van der Waals surface area contributed by atoms with Crippen LogP contribution >= 0.6 is 11.6 Å². The molecular formula is C16H21ClN2. The first-order valence-corrected chi connectivity index (χ1v) is 7.50. The first kappa shape index (κ1) is 13.0. The van der Waals surface area contributed by atoms with E-state index in [-0.39, 0.29) is 5.41 Å². The van der Waals surface area contributed by atoms with E-state index in [0.29, 0.717) is 6.54 Å². The molecule has 2 N–H and O–H groups in total. The van der Waals surface area contributed by atoms with Crippen molar-refractivity contribution in [3.8, 4) is 0 Å². The van der Waals surface area contributed by atoms with Crippen molar-refractivity contribution in [1.29, 1.82) is 0 Å². The second-order valence-electron chi connectivity index (χ2n) is 5.83. The van der Waals surface area contributed by atoms with Gasteiger partial charge in [-0.3, -0.25) is 0 Å². The van der Waals surface area contributed by atoms with Crippen LogP contribution in [0.3, 0.4) is 0 Å². The van der Waals surface area contributed by atoms with Gasteiger partial charge in [0.25, 0.3) is 0 Å². The van der Waals surface area contributed by atoms with Crippen LogP contribution in [0.5, 0.6) is 0 Å². The van der Waals surface area contributed by atoms with Crippen LogP contribution in [0.1, 0.15) is 37.7 Å². The van der Waals surface area contributed by atoms with Gasteiger partial charge in [0.1, 0.15) is 0 Å². The fourth-order valence-electron chi connectivity index (χ4n) is 3.54. The summed E-state index contributed by atoms with van der Waals surface area (Å²) in [4.78, 5) is 0. The van der Waals surface area contributed by atoms with Crippen LogP contribution in [0.2, 0.25) is 5.02 Å². The summed E-state index contributed by atoms with van der Waals surface area (Å²) in [5.41, 5.74) is 8.67. The lowest BCUT2D eigenvalue weighted by Crippen LogP contribution is -2.37. The zero-order valence-electron chi connectivity index (χ0n) is 11.5. The van der Waals surface area contributed by atoms with Crippen LogP contribution in [-0.4, -0.2) is 11.1 Å². The Balaban J connectivity index is 2.16. The van der Waals surface area contributed by atoms with Crippen molar-refractivity contribution in [2.75, 3.05) is 6.54 Å². The summed E-state index contributed by atoms with van der Waals surface area (Å²) in [6.07, 6.45) is 8.26. The Morgan fingerprint density at radius 3 is 2.63 bits per heavy atom. The van der Waals surface area contributed by atoms with E-state index in [1.165, 1.54) is 43.2 Å². The number of hydrogen-bond acceptors (Lipinski definition) is 1. The monoisotopic (exact) mass is 276 g/mol. The summed E-state index contributed by atoms with van der Waals surface area (Å²) < 4.78 is 2.11. The molecule has 0 bridgehead atoms. The molecule has 0 amide bonds. The van der Waals surface area contributed by atoms with Crippen molar-refractivity contribution in [2.45, 2.75) is 37.5 Å². The number of aromatic nitrogens is 1. The molecule has 1 fully saturated rings. The highest BCUT2D eigenvalue weighted by atomic mass is 35.5. The van der Waals surface area contributed by atoms with Gasteiger partial charge in [0.15, 0.2) is 0 Å². The smallest absolute Gasteiger partial charge is 0.0538 e. The van der Waals surface area contributed by atoms with Gasteiger partial charge in [0, 0.05) is 36.1 Å². The van der Waals surface area contributed by atoms with E-state index in [9.17, 15) is 0 Å². The third kappa shape index (κ3) is 1.98. The average Bonchev–Trinajstić information content (AvgIpc) is 2.83. The first-order chi connectivity index (χ1) is 9.18. The molecule has 0 unspecified atom stereocenters. The van der Waals surface area contributed by atoms with Gasteiger partial charge in [-0.1, -0.05) is 36.9 Å². The van der Waals surface area contributed by atoms with Crippen LogP contribution in [0.25, 0.3) is 10.9 Å². The molecule has 1 aromatic heterocycles. The number of halogens is 1. The van der Waals surface area contributed by atoms with Gasteiger partial charge in [0.2, 0.25) is 0 Å². The topological polar surface area (TPSA) is 30.9 Å². The van der Waals surface area contributed by atoms with Crippen molar-refractivity contribution in [2.24, 2.45) is 12.8 Å². The Labute approximate surface area is 119 Å². The van der Waals surface area contributed by atoms with Gasteiger partial charge in [-0.15, -0.1) is 0 Å². The van der Waals surface area contributed by atoms with E-state index >= 15 is 0 Å². The Morgan fingerprint density at radius 2 is 1.95 bits per heavy atom. The zero-order valence-corrected chi connectivity index (χ0v) is 12.2. The summed E-state index contributed by atoms with van der Waals surface area (Å²) in [5.74, 6) is 0. The molecule has 3 rings (SSSR count). The highest BCUT2D eigenvalue weighted by Crippen LogP contribution is 2.43. The number of rotatable bonds is 2. The molecule has 3 heteroatoms. The molecule has 0 radical (unpaired) electrons. The predicted octanol–water partition coefficient (Wildman–Crippen LogP) is 3.99. The van der Waals surface area contributed by atoms with E-state index < -0.39 is 0 Å². The maximum Gasteiger partial charge on any atom is 0.0538 e. The highest BCUT2D eigenvalue weighted by Gasteiger charge is 2.34. The summed E-state index contributed by atoms with van der Waals surface area (Å²) in [7, 11) is 2.05. The molecule has 1 aliphatic carbocycles. The SMILES string of the molecule is Cn1ccc2c(Cl)c(C3(CN)CCCCC3)ccc21. The minimum Gasteiger partial charge on any atom is -0.351 e. The maximum absolute atomic E-state index is 6.69. The van der Waals surface area contributed by atoms with Gasteiger partial charge in [0.05, 0.1) is 5.02 Å². The Morgan fingerprint density at radius 1 is 1.21 bits per heavy atom. The second-order valence-corrected chi connectivity index (χ2v) is 6.21. The van der Waals surface area contributed by atoms with E-state index in [1.807, 2.05) is 0 Å². The minimum atomic E-state index is 0.0966. The molecule has 2 aromatic rings. The Kier molecular flexibility index (Phi) is 3.32. The van der Waals surface area contributed by atoms with Crippen molar-refractivity contribution in [3.05, 3.63) is 35.0 Å². The molecule has 0 aliphatic heterocycles. The van der Waals surface area contributed by atoms with Crippen molar-refractivity contribution in [3.63, 3.8) is 0 Å². The van der Waals surface area contributed by atoms with Gasteiger partial charge < -0.3 is 10.3 Å². The third-order valence-electron chi connectivity index (χ3n) is 4.77. The molecule has 2 nitrogen and oxygen atoms in total. The van der Waals surface area contributed by atoms with Gasteiger partial charge in [-0.25, -0.2) is 0 Å². The van der Waals surface area contributed by atoms with Crippen molar-refractivity contribution in [1.82, 2.24) is 4.57 Å². The van der Waals surface area contributed by atoms with Gasteiger partial charge in [-0.2, -0.15) is 0 Å². The van der Waals surface area contributed by atoms with Crippen LogP contribution < -0.4 is 5.73 Å². The van der Waals surface area contributed by atoms with Crippen molar-refractivity contribution >= 4 is 22.5 Å². The minimum absolute atomic E-state index is 0.0966. The predicted molar refractivity (Wildman–Crippen MR) is 81.7 cm³/mol. The molecule has 0 spiro atoms. The lowest BCUT2D eigenvalue weighted by Gasteiger charge is -2.37. The number of nitrogens with zero attached hydrogens (tertiary/aromatic N) is 1. The molecule has 102 valence electrons. The molecule has 1 saturated carbocycles. The van der Waals surface area contributed by atoms with Crippen LogP contribution in [-0.2, 0) is 12.5 Å². The number of hydrogen-bond donors (Lipinski definition) is 1. The lowest BCUT2D eigenvalue weighted by atomic mass is 9.69. The molecule has 1 aliphatic rings. The Bertz CT molecular complexity index is 594.